The summed E-state index contributed by atoms with van der Waals surface area (Å²) < 4.78 is 0. The average Bonchev–Trinajstić information content (AvgIpc) is 3.00. The number of halogens is 1. The molecule has 2 unspecified atom stereocenters. The minimum absolute atomic E-state index is 0.223. The van der Waals surface area contributed by atoms with Crippen LogP contribution in [0.3, 0.4) is 0 Å². The van der Waals surface area contributed by atoms with Crippen LogP contribution in [-0.2, 0) is 4.79 Å². The Balaban J connectivity index is 2.12. The third-order valence-electron chi connectivity index (χ3n) is 4.96. The van der Waals surface area contributed by atoms with Gasteiger partial charge in [-0.25, -0.2) is 0 Å². The van der Waals surface area contributed by atoms with Gasteiger partial charge < -0.3 is 10.0 Å². The number of likely N-dealkylation sites (N-methyl/N-ethyl adjacent to an activating group) is 1. The zero-order chi connectivity index (χ0) is 16.9. The quantitative estimate of drug-likeness (QED) is 0.788. The lowest BCUT2D eigenvalue weighted by atomic mass is 9.93. The van der Waals surface area contributed by atoms with Crippen LogP contribution in [0.4, 0.5) is 5.69 Å². The van der Waals surface area contributed by atoms with Crippen molar-refractivity contribution >= 4 is 40.5 Å². The molecule has 1 aliphatic carbocycles. The molecule has 7 heteroatoms. The molecule has 2 atom stereocenters. The van der Waals surface area contributed by atoms with Gasteiger partial charge in [0.25, 0.3) is 5.91 Å². The van der Waals surface area contributed by atoms with Gasteiger partial charge in [-0.15, -0.1) is 0 Å². The molecule has 1 spiro atoms. The first-order chi connectivity index (χ1) is 10.9. The highest BCUT2D eigenvalue weighted by Gasteiger charge is 2.60. The Morgan fingerprint density at radius 2 is 2.22 bits per heavy atom. The predicted octanol–water partition coefficient (Wildman–Crippen LogP) is 2.37. The van der Waals surface area contributed by atoms with Crippen LogP contribution in [0, 0.1) is 18.3 Å². The zero-order valence-electron chi connectivity index (χ0n) is 12.8. The maximum atomic E-state index is 13.1. The van der Waals surface area contributed by atoms with E-state index in [-0.39, 0.29) is 5.91 Å². The Morgan fingerprint density at radius 1 is 1.52 bits per heavy atom. The van der Waals surface area contributed by atoms with Gasteiger partial charge in [-0.2, -0.15) is 5.26 Å². The molecule has 5 nitrogen and oxygen atoms in total. The molecule has 0 aromatic heterocycles. The lowest BCUT2D eigenvalue weighted by Crippen LogP contribution is -2.53. The second-order valence-electron chi connectivity index (χ2n) is 6.00. The summed E-state index contributed by atoms with van der Waals surface area (Å²) in [6.45, 7) is 1.75. The monoisotopic (exact) mass is 349 g/mol. The van der Waals surface area contributed by atoms with Crippen LogP contribution in [0.5, 0.6) is 0 Å². The van der Waals surface area contributed by atoms with Crippen molar-refractivity contribution in [2.45, 2.75) is 37.8 Å². The molecule has 2 aliphatic rings. The molecular weight excluding hydrogens is 334 g/mol. The van der Waals surface area contributed by atoms with Crippen LogP contribution in [0.25, 0.3) is 0 Å². The van der Waals surface area contributed by atoms with Crippen LogP contribution in [0.15, 0.2) is 12.1 Å². The average molecular weight is 350 g/mol. The smallest absolute Gasteiger partial charge is 0.261 e. The summed E-state index contributed by atoms with van der Waals surface area (Å²) in [7, 11) is 1.75. The van der Waals surface area contributed by atoms with Crippen molar-refractivity contribution in [1.29, 1.82) is 5.26 Å². The van der Waals surface area contributed by atoms with Crippen LogP contribution < -0.4 is 4.90 Å². The number of carbonyl (C=O) groups excluding carboxylic acids is 1. The van der Waals surface area contributed by atoms with E-state index in [9.17, 15) is 9.90 Å². The molecule has 1 saturated heterocycles. The first kappa shape index (κ1) is 16.2. The summed E-state index contributed by atoms with van der Waals surface area (Å²) in [5.74, 6) is -0.223. The summed E-state index contributed by atoms with van der Waals surface area (Å²) >= 11 is 11.7. The van der Waals surface area contributed by atoms with Crippen LogP contribution in [0.2, 0.25) is 5.02 Å². The molecule has 1 N–H and O–H groups in total. The van der Waals surface area contributed by atoms with E-state index < -0.39 is 11.6 Å². The molecule has 2 fully saturated rings. The number of nitrogens with zero attached hydrogens (tertiary/aromatic N) is 3. The number of carbonyl (C=O) groups is 1. The summed E-state index contributed by atoms with van der Waals surface area (Å²) in [4.78, 5) is 16.2. The second-order valence-corrected chi connectivity index (χ2v) is 6.74. The molecule has 0 bridgehead atoms. The van der Waals surface area contributed by atoms with Gasteiger partial charge in [0.05, 0.1) is 22.4 Å². The van der Waals surface area contributed by atoms with Gasteiger partial charge in [-0.3, -0.25) is 9.69 Å². The molecular formula is C16H16ClN3O2S. The van der Waals surface area contributed by atoms with Gasteiger partial charge in [0.15, 0.2) is 5.11 Å². The van der Waals surface area contributed by atoms with Crippen LogP contribution >= 0.6 is 23.8 Å². The summed E-state index contributed by atoms with van der Waals surface area (Å²) in [5, 5.41) is 20.1. The Labute approximate surface area is 145 Å². The van der Waals surface area contributed by atoms with Crippen LogP contribution in [0.1, 0.15) is 30.4 Å². The van der Waals surface area contributed by atoms with E-state index in [1.54, 1.807) is 31.0 Å². The number of benzene rings is 1. The topological polar surface area (TPSA) is 67.6 Å². The maximum absolute atomic E-state index is 13.1. The lowest BCUT2D eigenvalue weighted by molar-refractivity contribution is -0.128. The zero-order valence-corrected chi connectivity index (χ0v) is 14.4. The van der Waals surface area contributed by atoms with E-state index in [0.717, 1.165) is 6.42 Å². The van der Waals surface area contributed by atoms with Gasteiger partial charge in [0.2, 0.25) is 0 Å². The van der Waals surface area contributed by atoms with Gasteiger partial charge in [-0.05, 0) is 56.1 Å². The Kier molecular flexibility index (Phi) is 3.83. The van der Waals surface area contributed by atoms with Gasteiger partial charge in [0, 0.05) is 7.05 Å². The Bertz CT molecular complexity index is 760. The highest BCUT2D eigenvalue weighted by atomic mass is 35.5. The molecule has 1 aromatic rings. The number of hydrogen-bond acceptors (Lipinski definition) is 4. The van der Waals surface area contributed by atoms with E-state index in [1.807, 2.05) is 6.07 Å². The molecule has 23 heavy (non-hydrogen) atoms. The lowest BCUT2D eigenvalue weighted by Gasteiger charge is -2.32. The van der Waals surface area contributed by atoms with Gasteiger partial charge in [0.1, 0.15) is 11.6 Å². The van der Waals surface area contributed by atoms with E-state index in [0.29, 0.717) is 39.8 Å². The number of anilines is 1. The molecule has 1 aliphatic heterocycles. The molecule has 120 valence electrons. The number of amides is 1. The summed E-state index contributed by atoms with van der Waals surface area (Å²) in [6.07, 6.45) is 1.20. The fraction of sp³-hybridized carbons (Fsp3) is 0.438. The normalized spacial score (nSPS) is 27.2. The first-order valence-corrected chi connectivity index (χ1v) is 8.14. The number of aliphatic hydroxyl groups is 1. The number of hydrogen-bond donors (Lipinski definition) is 1. The van der Waals surface area contributed by atoms with Crippen molar-refractivity contribution in [2.75, 3.05) is 11.9 Å². The highest BCUT2D eigenvalue weighted by Crippen LogP contribution is 2.44. The minimum atomic E-state index is -0.982. The van der Waals surface area contributed by atoms with E-state index in [2.05, 4.69) is 0 Å². The standard InChI is InChI=1S/C16H16ClN3O2S/c1-9-11(6-5-10(8-18)13(9)17)20-14(22)16(19(2)15(20)23)7-3-4-12(16)21/h5-6,12,21H,3-4,7H2,1-2H3. The van der Waals surface area contributed by atoms with Gasteiger partial charge in [-0.1, -0.05) is 11.6 Å². The van der Waals surface area contributed by atoms with E-state index in [4.69, 9.17) is 29.1 Å². The minimum Gasteiger partial charge on any atom is -0.390 e. The first-order valence-electron chi connectivity index (χ1n) is 7.36. The molecule has 1 amide bonds. The second kappa shape index (κ2) is 5.45. The molecule has 1 saturated carbocycles. The van der Waals surface area contributed by atoms with Crippen molar-refractivity contribution in [3.63, 3.8) is 0 Å². The third kappa shape index (κ3) is 2.01. The van der Waals surface area contributed by atoms with Gasteiger partial charge >= 0.3 is 0 Å². The Hall–Kier alpha value is -1.68. The molecule has 1 aromatic carbocycles. The fourth-order valence-corrected chi connectivity index (χ4v) is 4.12. The number of thiocarbonyl (C=S) groups is 1. The van der Waals surface area contributed by atoms with Crippen molar-refractivity contribution in [3.05, 3.63) is 28.3 Å². The SMILES string of the molecule is Cc1c(N2C(=O)C3(CCCC3O)N(C)C2=S)ccc(C#N)c1Cl. The number of rotatable bonds is 1. The largest absolute Gasteiger partial charge is 0.390 e. The van der Waals surface area contributed by atoms with Crippen molar-refractivity contribution in [1.82, 2.24) is 4.90 Å². The predicted molar refractivity (Wildman–Crippen MR) is 91.3 cm³/mol. The number of nitriles is 1. The fourth-order valence-electron chi connectivity index (χ4n) is 3.57. The maximum Gasteiger partial charge on any atom is 0.261 e. The third-order valence-corrected chi connectivity index (χ3v) is 5.90. The summed E-state index contributed by atoms with van der Waals surface area (Å²) in [6, 6.07) is 5.28. The highest BCUT2D eigenvalue weighted by molar-refractivity contribution is 7.80. The van der Waals surface area contributed by atoms with Crippen LogP contribution in [-0.4, -0.2) is 39.7 Å². The number of aliphatic hydroxyl groups excluding tert-OH is 1. The van der Waals surface area contributed by atoms with Crippen molar-refractivity contribution in [2.24, 2.45) is 0 Å². The van der Waals surface area contributed by atoms with E-state index >= 15 is 0 Å². The van der Waals surface area contributed by atoms with Crippen molar-refractivity contribution in [3.8, 4) is 6.07 Å². The Morgan fingerprint density at radius 3 is 2.78 bits per heavy atom. The molecule has 3 rings (SSSR count). The molecule has 1 heterocycles. The molecule has 0 radical (unpaired) electrons. The van der Waals surface area contributed by atoms with E-state index in [1.165, 1.54) is 4.90 Å². The van der Waals surface area contributed by atoms with Crippen molar-refractivity contribution < 1.29 is 9.90 Å². The summed E-state index contributed by atoms with van der Waals surface area (Å²) in [5.41, 5.74) is 0.560.